The Morgan fingerprint density at radius 1 is 0.346 bits per heavy atom. The van der Waals surface area contributed by atoms with Gasteiger partial charge in [-0.1, -0.05) is 82.3 Å². The zero-order chi connectivity index (χ0) is 82.2. The maximum Gasteiger partial charge on any atom is 0.319 e. The largest absolute Gasteiger partial charge is 0.465 e. The van der Waals surface area contributed by atoms with E-state index in [1.54, 1.807) is 105 Å². The van der Waals surface area contributed by atoms with E-state index < -0.39 is 77.6 Å². The number of rotatable bonds is 42. The molecule has 0 bridgehead atoms. The molecule has 1 aliphatic heterocycles. The molecule has 7 unspecified atom stereocenters. The lowest BCUT2D eigenvalue weighted by Gasteiger charge is -2.44. The van der Waals surface area contributed by atoms with Crippen molar-refractivity contribution < 1.29 is 101 Å². The number of hydrogen-bond donors (Lipinski definition) is 0. The standard InChI is InChI=1S/C29H51N3O9S6.C18H30N2O6S4.C18H32N2O6S4/c1-11-30(12-2)39-26(42)45-20(7)23(33)36-17-29(10,18-37-24(34)21(8)46-27(43)40-31(13-3)14-4)19-38-25(35)22(9)47-28(44)41-32(15-5)16-6;1-7-23-14(21)12(3)29-16(27)25-19-9-10-20(18(5,6)11-19)26-17(28)30-13(4)15(22)24-8-2;1-7-19(8-2)25-17(27)29-13(5)15(21)23-11-12-24-16(22)14(6)30-18(28)26-20(9-3)10-4/h20-22H,11-19H2,1-10H3;12-13H,7-11H2,1-6H3;13-14H,7-12H2,1-6H3. The van der Waals surface area contributed by atoms with Gasteiger partial charge in [0.1, 0.15) is 69.8 Å². The van der Waals surface area contributed by atoms with Gasteiger partial charge in [0, 0.05) is 65.4 Å². The van der Waals surface area contributed by atoms with Gasteiger partial charge < -0.3 is 67.0 Å². The van der Waals surface area contributed by atoms with Gasteiger partial charge in [-0.2, -0.15) is 0 Å². The summed E-state index contributed by atoms with van der Waals surface area (Å²) in [6.45, 7) is 48.2. The first-order valence-electron chi connectivity index (χ1n) is 34.9. The molecule has 1 rings (SSSR count). The topological polar surface area (TPSA) is 271 Å². The smallest absolute Gasteiger partial charge is 0.319 e. The van der Waals surface area contributed by atoms with Gasteiger partial charge in [-0.15, -0.1) is 35.4 Å². The number of piperazine rings is 1. The summed E-state index contributed by atoms with van der Waals surface area (Å²) in [6.07, 6.45) is 0. The molecule has 0 radical (unpaired) electrons. The van der Waals surface area contributed by atoms with Crippen molar-refractivity contribution in [2.75, 3.05) is 131 Å². The lowest BCUT2D eigenvalue weighted by Crippen LogP contribution is -2.59. The minimum atomic E-state index is -1.09. The molecule has 107 heavy (non-hydrogen) atoms. The summed E-state index contributed by atoms with van der Waals surface area (Å²) in [6, 6.07) is 0. The van der Waals surface area contributed by atoms with E-state index in [2.05, 4.69) is 0 Å². The molecule has 0 saturated carbocycles. The van der Waals surface area contributed by atoms with E-state index in [4.69, 9.17) is 153 Å². The monoisotopic (exact) mass is 1780 g/mol. The Kier molecular flexibility index (Phi) is 60.1. The van der Waals surface area contributed by atoms with Crippen LogP contribution in [-0.2, 0) is 101 Å². The first-order valence-corrected chi connectivity index (χ1v) is 43.9. The number of nitrogens with zero attached hydrogens (tertiary/aromatic N) is 7. The van der Waals surface area contributed by atoms with E-state index in [-0.39, 0.29) is 75.7 Å². The van der Waals surface area contributed by atoms with Crippen LogP contribution >= 0.6 is 168 Å². The molecule has 28 nitrogen and oxygen atoms in total. The molecule has 0 spiro atoms. The summed E-state index contributed by atoms with van der Waals surface area (Å²) in [5.41, 5.74) is -1.52. The van der Waals surface area contributed by atoms with Gasteiger partial charge in [-0.25, -0.2) is 0 Å². The molecule has 0 aromatic rings. The molecule has 0 aromatic heterocycles. The lowest BCUT2D eigenvalue weighted by atomic mass is 9.94. The van der Waals surface area contributed by atoms with Crippen LogP contribution in [0.5, 0.6) is 0 Å². The van der Waals surface area contributed by atoms with E-state index in [0.29, 0.717) is 98.3 Å². The molecule has 1 saturated heterocycles. The van der Waals surface area contributed by atoms with E-state index in [1.807, 2.05) is 83.1 Å². The fraction of sp³-hybridized carbons (Fsp3) is 0.785. The van der Waals surface area contributed by atoms with Crippen LogP contribution in [0.1, 0.15) is 152 Å². The van der Waals surface area contributed by atoms with Crippen molar-refractivity contribution in [2.24, 2.45) is 5.41 Å². The number of ether oxygens (including phenoxy) is 7. The fourth-order valence-electron chi connectivity index (χ4n) is 7.58. The Morgan fingerprint density at radius 2 is 0.561 bits per heavy atom. The lowest BCUT2D eigenvalue weighted by molar-refractivity contribution is -0.220. The number of hydroxylamine groups is 14. The van der Waals surface area contributed by atoms with Gasteiger partial charge in [0.05, 0.1) is 43.8 Å². The first kappa shape index (κ1) is 107. The Bertz CT molecular complexity index is 2590. The van der Waals surface area contributed by atoms with E-state index in [0.717, 1.165) is 82.3 Å². The number of hydrogen-bond acceptors (Lipinski definition) is 42. The summed E-state index contributed by atoms with van der Waals surface area (Å²) in [4.78, 5) is 125. The highest BCUT2D eigenvalue weighted by Crippen LogP contribution is 2.29. The highest BCUT2D eigenvalue weighted by atomic mass is 32.2. The van der Waals surface area contributed by atoms with Crippen LogP contribution in [-0.4, -0.2) is 282 Å². The van der Waals surface area contributed by atoms with Crippen LogP contribution < -0.4 is 0 Å². The number of thiocarbonyl (C=S) groups is 7. The van der Waals surface area contributed by atoms with Crippen LogP contribution in [0, 0.1) is 5.41 Å². The van der Waals surface area contributed by atoms with Crippen molar-refractivity contribution in [3.05, 3.63) is 0 Å². The first-order chi connectivity index (χ1) is 50.2. The van der Waals surface area contributed by atoms with E-state index >= 15 is 0 Å². The van der Waals surface area contributed by atoms with Crippen molar-refractivity contribution in [1.29, 1.82) is 0 Å². The normalized spacial score (nSPS) is 15.2. The highest BCUT2D eigenvalue weighted by Gasteiger charge is 2.39. The quantitative estimate of drug-likeness (QED) is 0.0181. The highest BCUT2D eigenvalue weighted by molar-refractivity contribution is 8.25. The molecular weight excluding hydrogens is 1660 g/mol. The van der Waals surface area contributed by atoms with Gasteiger partial charge in [0.25, 0.3) is 0 Å². The molecule has 618 valence electrons. The maximum atomic E-state index is 12.9. The van der Waals surface area contributed by atoms with Crippen molar-refractivity contribution in [3.63, 3.8) is 0 Å². The van der Waals surface area contributed by atoms with Crippen molar-refractivity contribution in [2.45, 2.75) is 195 Å². The van der Waals surface area contributed by atoms with Crippen LogP contribution in [0.4, 0.5) is 0 Å². The van der Waals surface area contributed by atoms with Crippen LogP contribution in [0.3, 0.4) is 0 Å². The van der Waals surface area contributed by atoms with Crippen LogP contribution in [0.25, 0.3) is 0 Å². The number of thioether (sulfide) groups is 7. The molecule has 1 aliphatic rings. The molecule has 0 N–H and O–H groups in total. The SMILES string of the molecule is CCN(CC)OC(=S)SC(C)C(=O)OCC(C)(COC(=O)C(C)SC(=S)ON(CC)CC)COC(=O)C(C)SC(=S)ON(CC)CC.CCN(CC)OC(=S)SC(C)C(=O)OCCOC(=O)C(C)SC(=S)ON(CC)CC.CCOC(=O)C(C)SC(=S)ON1CCN(OC(=S)SC(C)C(=O)OCC)C(C)(C)C1. The van der Waals surface area contributed by atoms with Gasteiger partial charge in [0.15, 0.2) is 0 Å². The van der Waals surface area contributed by atoms with Crippen molar-refractivity contribution in [3.8, 4) is 0 Å². The average Bonchev–Trinajstić information content (AvgIpc) is 0.816. The molecule has 1 fully saturated rings. The van der Waals surface area contributed by atoms with Crippen molar-refractivity contribution >= 4 is 240 Å². The second-order valence-electron chi connectivity index (χ2n) is 23.0. The molecular formula is C65H113N7O21S14. The van der Waals surface area contributed by atoms with Crippen LogP contribution in [0.15, 0.2) is 0 Å². The summed E-state index contributed by atoms with van der Waals surface area (Å²) in [7, 11) is 0. The number of esters is 7. The molecule has 0 aromatic carbocycles. The fourth-order valence-corrected chi connectivity index (χ4v) is 15.5. The summed E-state index contributed by atoms with van der Waals surface area (Å²) in [5, 5.41) is 7.88. The third-order valence-electron chi connectivity index (χ3n) is 13.8. The van der Waals surface area contributed by atoms with Gasteiger partial charge in [-0.05, 0) is 238 Å². The third kappa shape index (κ3) is 48.5. The second kappa shape index (κ2) is 60.3. The molecule has 7 atom stereocenters. The maximum absolute atomic E-state index is 12.9. The zero-order valence-electron chi connectivity index (χ0n) is 65.6. The molecule has 1 heterocycles. The van der Waals surface area contributed by atoms with E-state index in [1.165, 1.54) is 0 Å². The molecule has 42 heteroatoms. The van der Waals surface area contributed by atoms with Gasteiger partial charge in [0.2, 0.25) is 30.7 Å². The molecule has 0 amide bonds. The predicted molar refractivity (Wildman–Crippen MR) is 458 cm³/mol. The Labute approximate surface area is 701 Å². The van der Waals surface area contributed by atoms with Crippen LogP contribution in [0.2, 0.25) is 0 Å². The van der Waals surface area contributed by atoms with Gasteiger partial charge in [-0.3, -0.25) is 33.6 Å². The minimum absolute atomic E-state index is 0.0447. The third-order valence-corrected chi connectivity index (χ3v) is 22.0. The van der Waals surface area contributed by atoms with E-state index in [9.17, 15) is 33.6 Å². The average molecular weight is 1780 g/mol. The second-order valence-corrected chi connectivity index (χ2v) is 36.6. The molecule has 0 aliphatic carbocycles. The Morgan fingerprint density at radius 3 is 0.785 bits per heavy atom. The number of carbonyl (C=O) groups is 7. The Balaban J connectivity index is 0. The van der Waals surface area contributed by atoms with Gasteiger partial charge >= 0.3 is 41.8 Å². The summed E-state index contributed by atoms with van der Waals surface area (Å²) in [5.74, 6) is -3.25. The minimum Gasteiger partial charge on any atom is -0.465 e. The summed E-state index contributed by atoms with van der Waals surface area (Å²) >= 11 is 44.3. The zero-order valence-corrected chi connectivity index (χ0v) is 77.0. The predicted octanol–water partition coefficient (Wildman–Crippen LogP) is 12.3. The summed E-state index contributed by atoms with van der Waals surface area (Å²) < 4.78 is 38.6. The van der Waals surface area contributed by atoms with Crippen molar-refractivity contribution in [1.82, 2.24) is 35.4 Å². The number of carbonyl (C=O) groups excluding carboxylic acids is 7. The Hall–Kier alpha value is -2.31.